The number of hydrogen-bond acceptors (Lipinski definition) is 4. The van der Waals surface area contributed by atoms with Gasteiger partial charge < -0.3 is 24.1 Å². The first kappa shape index (κ1) is 18.3. The van der Waals surface area contributed by atoms with Gasteiger partial charge in [-0.15, -0.1) is 0 Å². The molecule has 2 heterocycles. The minimum Gasteiger partial charge on any atom is -0.497 e. The number of amides is 1. The molecule has 0 radical (unpaired) electrons. The van der Waals surface area contributed by atoms with Gasteiger partial charge in [0.15, 0.2) is 11.8 Å². The molecular weight excluding hydrogens is 332 g/mol. The number of methoxy groups -OCH3 is 2. The van der Waals surface area contributed by atoms with Crippen LogP contribution in [0.3, 0.4) is 0 Å². The van der Waals surface area contributed by atoms with Crippen LogP contribution < -0.4 is 19.7 Å². The highest BCUT2D eigenvalue weighted by Crippen LogP contribution is 2.22. The third-order valence-corrected chi connectivity index (χ3v) is 4.96. The molecule has 1 aliphatic rings. The van der Waals surface area contributed by atoms with Crippen molar-refractivity contribution in [1.82, 2.24) is 5.32 Å². The summed E-state index contributed by atoms with van der Waals surface area (Å²) in [4.78, 5) is 14.1. The summed E-state index contributed by atoms with van der Waals surface area (Å²) < 4.78 is 16.1. The molecule has 1 aliphatic heterocycles. The van der Waals surface area contributed by atoms with Crippen molar-refractivity contribution < 1.29 is 23.6 Å². The lowest BCUT2D eigenvalue weighted by Crippen LogP contribution is -3.13. The molecule has 6 heteroatoms. The number of quaternary nitrogens is 1. The average molecular weight is 359 g/mol. The summed E-state index contributed by atoms with van der Waals surface area (Å²) in [7, 11) is 3.15. The van der Waals surface area contributed by atoms with Crippen LogP contribution in [0, 0.1) is 0 Å². The Bertz CT molecular complexity index is 686. The molecule has 3 rings (SSSR count). The number of likely N-dealkylation sites (tertiary alicyclic amines) is 1. The van der Waals surface area contributed by atoms with Gasteiger partial charge in [-0.25, -0.2) is 0 Å². The topological polar surface area (TPSA) is 65.1 Å². The van der Waals surface area contributed by atoms with E-state index in [0.717, 1.165) is 18.8 Å². The summed E-state index contributed by atoms with van der Waals surface area (Å²) in [6.45, 7) is 2.74. The summed E-state index contributed by atoms with van der Waals surface area (Å²) in [5.41, 5.74) is 0.521. The standard InChI is InChI=1S/C20H26N2O4/c1-24-16-11-15(12-17(13-16)25-2)20(23)21-14-18(19-7-6-10-26-19)22-8-4-3-5-9-22/h6-7,10-13,18H,3-5,8-9,14H2,1-2H3,(H,21,23)/p+1/t18-/m1/s1. The monoisotopic (exact) mass is 359 g/mol. The molecular formula is C20H27N2O4+. The van der Waals surface area contributed by atoms with E-state index in [1.54, 1.807) is 38.7 Å². The van der Waals surface area contributed by atoms with Gasteiger partial charge in [0, 0.05) is 11.6 Å². The number of nitrogens with one attached hydrogen (secondary N) is 2. The predicted octanol–water partition coefficient (Wildman–Crippen LogP) is 1.84. The van der Waals surface area contributed by atoms with Gasteiger partial charge in [0.25, 0.3) is 5.91 Å². The number of hydrogen-bond donors (Lipinski definition) is 2. The zero-order valence-electron chi connectivity index (χ0n) is 15.4. The first-order valence-electron chi connectivity index (χ1n) is 9.10. The molecule has 6 nitrogen and oxygen atoms in total. The van der Waals surface area contributed by atoms with Crippen molar-refractivity contribution >= 4 is 5.91 Å². The molecule has 1 saturated heterocycles. The Hall–Kier alpha value is -2.47. The van der Waals surface area contributed by atoms with Gasteiger partial charge in [0.05, 0.1) is 40.1 Å². The molecule has 1 aromatic heterocycles. The summed E-state index contributed by atoms with van der Waals surface area (Å²) in [5, 5.41) is 3.06. The minimum absolute atomic E-state index is 0.127. The van der Waals surface area contributed by atoms with Gasteiger partial charge in [-0.1, -0.05) is 0 Å². The lowest BCUT2D eigenvalue weighted by molar-refractivity contribution is -0.936. The van der Waals surface area contributed by atoms with E-state index in [0.29, 0.717) is 23.6 Å². The summed E-state index contributed by atoms with van der Waals surface area (Å²) in [6, 6.07) is 9.20. The van der Waals surface area contributed by atoms with Crippen molar-refractivity contribution in [2.24, 2.45) is 0 Å². The first-order chi connectivity index (χ1) is 12.7. The minimum atomic E-state index is -0.143. The van der Waals surface area contributed by atoms with Crippen LogP contribution in [0.2, 0.25) is 0 Å². The quantitative estimate of drug-likeness (QED) is 0.792. The summed E-state index contributed by atoms with van der Waals surface area (Å²) >= 11 is 0. The molecule has 0 unspecified atom stereocenters. The van der Waals surface area contributed by atoms with E-state index in [2.05, 4.69) is 5.32 Å². The zero-order chi connectivity index (χ0) is 18.4. The molecule has 1 aromatic carbocycles. The maximum Gasteiger partial charge on any atom is 0.251 e. The maximum atomic E-state index is 12.7. The van der Waals surface area contributed by atoms with Crippen molar-refractivity contribution in [1.29, 1.82) is 0 Å². The molecule has 2 aromatic rings. The SMILES string of the molecule is COc1cc(OC)cc(C(=O)NC[C@H](c2ccco2)[NH+]2CCCCC2)c1. The Morgan fingerprint density at radius 1 is 1.15 bits per heavy atom. The second kappa shape index (κ2) is 8.76. The molecule has 1 amide bonds. The third kappa shape index (κ3) is 4.38. The number of furan rings is 1. The van der Waals surface area contributed by atoms with Crippen molar-refractivity contribution in [3.05, 3.63) is 47.9 Å². The van der Waals surface area contributed by atoms with Crippen molar-refractivity contribution in [3.8, 4) is 11.5 Å². The largest absolute Gasteiger partial charge is 0.497 e. The predicted molar refractivity (Wildman–Crippen MR) is 97.9 cm³/mol. The number of rotatable bonds is 7. The van der Waals surface area contributed by atoms with Crippen LogP contribution in [0.5, 0.6) is 11.5 Å². The van der Waals surface area contributed by atoms with Gasteiger partial charge in [0.2, 0.25) is 0 Å². The van der Waals surface area contributed by atoms with Crippen molar-refractivity contribution in [2.75, 3.05) is 33.9 Å². The number of ether oxygens (including phenoxy) is 2. The van der Waals surface area contributed by atoms with Gasteiger partial charge >= 0.3 is 0 Å². The number of benzene rings is 1. The van der Waals surface area contributed by atoms with E-state index in [9.17, 15) is 4.79 Å². The Balaban J connectivity index is 1.71. The Morgan fingerprint density at radius 2 is 1.85 bits per heavy atom. The van der Waals surface area contributed by atoms with E-state index >= 15 is 0 Å². The fraction of sp³-hybridized carbons (Fsp3) is 0.450. The van der Waals surface area contributed by atoms with Crippen LogP contribution in [0.25, 0.3) is 0 Å². The summed E-state index contributed by atoms with van der Waals surface area (Å²) in [6.07, 6.45) is 5.41. The Labute approximate surface area is 154 Å². The fourth-order valence-electron chi connectivity index (χ4n) is 3.53. The average Bonchev–Trinajstić information content (AvgIpc) is 3.22. The third-order valence-electron chi connectivity index (χ3n) is 4.96. The molecule has 140 valence electrons. The Morgan fingerprint density at radius 3 is 2.42 bits per heavy atom. The van der Waals surface area contributed by atoms with Crippen molar-refractivity contribution in [2.45, 2.75) is 25.3 Å². The molecule has 1 fully saturated rings. The van der Waals surface area contributed by atoms with Gasteiger partial charge in [-0.3, -0.25) is 4.79 Å². The molecule has 26 heavy (non-hydrogen) atoms. The molecule has 0 spiro atoms. The van der Waals surface area contributed by atoms with Crippen molar-refractivity contribution in [3.63, 3.8) is 0 Å². The molecule has 1 atom stereocenters. The summed E-state index contributed by atoms with van der Waals surface area (Å²) in [5.74, 6) is 1.97. The zero-order valence-corrected chi connectivity index (χ0v) is 15.4. The van der Waals surface area contributed by atoms with E-state index in [4.69, 9.17) is 13.9 Å². The van der Waals surface area contributed by atoms with Gasteiger partial charge in [-0.2, -0.15) is 0 Å². The Kier molecular flexibility index (Phi) is 6.17. The van der Waals surface area contributed by atoms with E-state index in [1.165, 1.54) is 24.2 Å². The highest BCUT2D eigenvalue weighted by molar-refractivity contribution is 5.95. The van der Waals surface area contributed by atoms with Crippen LogP contribution in [0.15, 0.2) is 41.0 Å². The maximum absolute atomic E-state index is 12.7. The normalized spacial score (nSPS) is 16.1. The number of carbonyl (C=O) groups excluding carboxylic acids is 1. The van der Waals surface area contributed by atoms with E-state index < -0.39 is 0 Å². The molecule has 2 N–H and O–H groups in total. The van der Waals surface area contributed by atoms with Crippen LogP contribution >= 0.6 is 0 Å². The molecule has 0 aliphatic carbocycles. The van der Waals surface area contributed by atoms with Gasteiger partial charge in [-0.05, 0) is 43.5 Å². The second-order valence-corrected chi connectivity index (χ2v) is 6.60. The molecule has 0 bridgehead atoms. The second-order valence-electron chi connectivity index (χ2n) is 6.60. The lowest BCUT2D eigenvalue weighted by atomic mass is 10.1. The smallest absolute Gasteiger partial charge is 0.251 e. The fourth-order valence-corrected chi connectivity index (χ4v) is 3.53. The van der Waals surface area contributed by atoms with Crippen LogP contribution in [0.4, 0.5) is 0 Å². The van der Waals surface area contributed by atoms with Crippen LogP contribution in [0.1, 0.15) is 41.4 Å². The molecule has 0 saturated carbocycles. The van der Waals surface area contributed by atoms with E-state index in [1.807, 2.05) is 12.1 Å². The van der Waals surface area contributed by atoms with E-state index in [-0.39, 0.29) is 11.9 Å². The lowest BCUT2D eigenvalue weighted by Gasteiger charge is -2.30. The highest BCUT2D eigenvalue weighted by Gasteiger charge is 2.28. The number of piperidine rings is 1. The highest BCUT2D eigenvalue weighted by atomic mass is 16.5. The number of carbonyl (C=O) groups is 1. The van der Waals surface area contributed by atoms with Crippen LogP contribution in [-0.4, -0.2) is 39.8 Å². The first-order valence-corrected chi connectivity index (χ1v) is 9.10. The van der Waals surface area contributed by atoms with Gasteiger partial charge in [0.1, 0.15) is 11.5 Å². The van der Waals surface area contributed by atoms with Crippen LogP contribution in [-0.2, 0) is 0 Å².